The van der Waals surface area contributed by atoms with Crippen molar-refractivity contribution in [3.05, 3.63) is 0 Å². The quantitative estimate of drug-likeness (QED) is 0.321. The lowest BCUT2D eigenvalue weighted by Gasteiger charge is -2.22. The van der Waals surface area contributed by atoms with E-state index in [1.165, 1.54) is 0 Å². The van der Waals surface area contributed by atoms with Crippen LogP contribution in [-0.4, -0.2) is 33.9 Å². The summed E-state index contributed by atoms with van der Waals surface area (Å²) < 4.78 is 78.7. The molecule has 0 atom stereocenters. The Kier molecular flexibility index (Phi) is 4.62. The maximum absolute atomic E-state index is 11.8. The zero-order valence-electron chi connectivity index (χ0n) is 7.44. The lowest BCUT2D eigenvalue weighted by atomic mass is 11.2. The number of alkyl halides is 3. The maximum Gasteiger partial charge on any atom is 0.523 e. The Bertz CT molecular complexity index is 320. The number of rotatable bonds is 5. The smallest absolute Gasteiger partial charge is 0.320 e. The highest BCUT2D eigenvalue weighted by Crippen LogP contribution is 2.34. The summed E-state index contributed by atoms with van der Waals surface area (Å²) in [5.41, 5.74) is -8.48. The van der Waals surface area contributed by atoms with Crippen molar-refractivity contribution in [2.45, 2.75) is 11.2 Å². The van der Waals surface area contributed by atoms with Gasteiger partial charge in [0, 0.05) is 14.2 Å². The van der Waals surface area contributed by atoms with Gasteiger partial charge in [-0.15, -0.1) is 0 Å². The summed E-state index contributed by atoms with van der Waals surface area (Å²) in [5.74, 6) is 0. The van der Waals surface area contributed by atoms with E-state index in [0.717, 1.165) is 14.2 Å². The molecule has 0 unspecified atom stereocenters. The predicted molar refractivity (Wildman–Crippen MR) is 40.4 cm³/mol. The molecule has 0 aliphatic heterocycles. The lowest BCUT2D eigenvalue weighted by molar-refractivity contribution is -0.258. The molecule has 0 rings (SSSR count). The molecular weight excluding hydrogens is 264 g/mol. The van der Waals surface area contributed by atoms with Crippen LogP contribution in [0.4, 0.5) is 13.2 Å². The minimum atomic E-state index is -5.95. The van der Waals surface area contributed by atoms with Crippen LogP contribution in [0.2, 0.25) is 0 Å². The van der Waals surface area contributed by atoms with Gasteiger partial charge < -0.3 is 9.47 Å². The van der Waals surface area contributed by atoms with Crippen molar-refractivity contribution in [1.29, 1.82) is 0 Å². The zero-order chi connectivity index (χ0) is 12.3. The van der Waals surface area contributed by atoms with Gasteiger partial charge in [0.1, 0.15) is 0 Å². The summed E-state index contributed by atoms with van der Waals surface area (Å²) in [6, 6.07) is 0. The average Bonchev–Trinajstić information content (AvgIpc) is 2.12. The van der Waals surface area contributed by atoms with Gasteiger partial charge in [-0.1, -0.05) is 0 Å². The molecule has 0 aromatic rings. The second-order valence-corrected chi connectivity index (χ2v) is 4.27. The van der Waals surface area contributed by atoms with Gasteiger partial charge in [-0.25, -0.2) is 0 Å². The molecule has 0 aliphatic rings. The SMILES string of the molecule is COC(OC)(OS(=O)(=O)C(F)(F)F)P=O. The molecule has 0 bridgehead atoms. The second kappa shape index (κ2) is 4.71. The molecular formula is C4H6F3O6PS. The fourth-order valence-electron chi connectivity index (χ4n) is 0.427. The summed E-state index contributed by atoms with van der Waals surface area (Å²) >= 11 is 0. The number of halogens is 3. The Morgan fingerprint density at radius 3 is 1.73 bits per heavy atom. The lowest BCUT2D eigenvalue weighted by Crippen LogP contribution is -2.38. The standard InChI is InChI=1S/C4H6F3O6PS/c1-11-4(12-2,14-8)13-15(9,10)3(5,6)7/h1-2H3. The first kappa shape index (κ1) is 14.7. The van der Waals surface area contributed by atoms with E-state index in [9.17, 15) is 26.2 Å². The van der Waals surface area contributed by atoms with Crippen molar-refractivity contribution in [3.63, 3.8) is 0 Å². The van der Waals surface area contributed by atoms with E-state index in [2.05, 4.69) is 13.7 Å². The zero-order valence-corrected chi connectivity index (χ0v) is 9.15. The van der Waals surface area contributed by atoms with Crippen LogP contribution >= 0.6 is 8.46 Å². The van der Waals surface area contributed by atoms with Gasteiger partial charge in [0.15, 0.2) is 0 Å². The first-order valence-electron chi connectivity index (χ1n) is 3.11. The Morgan fingerprint density at radius 1 is 1.13 bits per heavy atom. The summed E-state index contributed by atoms with van der Waals surface area (Å²) in [6.07, 6.45) is 0. The molecule has 0 aliphatic carbocycles. The Labute approximate surface area is 84.6 Å². The second-order valence-electron chi connectivity index (χ2n) is 2.01. The molecule has 0 spiro atoms. The van der Waals surface area contributed by atoms with Crippen LogP contribution < -0.4 is 0 Å². The topological polar surface area (TPSA) is 78.9 Å². The fourth-order valence-corrected chi connectivity index (χ4v) is 1.50. The van der Waals surface area contributed by atoms with Crippen molar-refractivity contribution in [1.82, 2.24) is 0 Å². The highest BCUT2D eigenvalue weighted by molar-refractivity contribution is 7.87. The number of hydrogen-bond donors (Lipinski definition) is 0. The minimum Gasteiger partial charge on any atom is -0.320 e. The van der Waals surface area contributed by atoms with Crippen LogP contribution in [0.15, 0.2) is 0 Å². The molecule has 0 amide bonds. The van der Waals surface area contributed by atoms with Crippen LogP contribution in [0.3, 0.4) is 0 Å². The van der Waals surface area contributed by atoms with Crippen LogP contribution in [0.5, 0.6) is 0 Å². The normalized spacial score (nSPS) is 14.5. The van der Waals surface area contributed by atoms with E-state index in [1.807, 2.05) is 0 Å². The van der Waals surface area contributed by atoms with Gasteiger partial charge in [0.25, 0.3) is 8.46 Å². The summed E-state index contributed by atoms with van der Waals surface area (Å²) in [4.78, 5) is 0. The fraction of sp³-hybridized carbons (Fsp3) is 1.00. The van der Waals surface area contributed by atoms with Crippen molar-refractivity contribution in [3.8, 4) is 0 Å². The molecule has 0 saturated heterocycles. The van der Waals surface area contributed by atoms with Crippen molar-refractivity contribution in [2.24, 2.45) is 0 Å². The van der Waals surface area contributed by atoms with Crippen LogP contribution in [0.1, 0.15) is 0 Å². The van der Waals surface area contributed by atoms with E-state index in [4.69, 9.17) is 0 Å². The first-order chi connectivity index (χ1) is 6.64. The third kappa shape index (κ3) is 3.35. The van der Waals surface area contributed by atoms with E-state index in [0.29, 0.717) is 0 Å². The van der Waals surface area contributed by atoms with Gasteiger partial charge in [-0.05, 0) is 0 Å². The molecule has 0 fully saturated rings. The highest BCUT2D eigenvalue weighted by atomic mass is 32.2. The summed E-state index contributed by atoms with van der Waals surface area (Å²) in [5, 5.41) is 0. The monoisotopic (exact) mass is 270 g/mol. The van der Waals surface area contributed by atoms with Gasteiger partial charge in [0.05, 0.1) is 0 Å². The molecule has 0 radical (unpaired) electrons. The van der Waals surface area contributed by atoms with Crippen LogP contribution in [-0.2, 0) is 28.3 Å². The minimum absolute atomic E-state index is 0.764. The Hall–Kier alpha value is -0.280. The van der Waals surface area contributed by atoms with Gasteiger partial charge in [-0.3, -0.25) is 4.57 Å². The van der Waals surface area contributed by atoms with Gasteiger partial charge >= 0.3 is 21.3 Å². The molecule has 0 N–H and O–H groups in total. The molecule has 0 aromatic carbocycles. The Morgan fingerprint density at radius 2 is 1.53 bits per heavy atom. The predicted octanol–water partition coefficient (Wildman–Crippen LogP) is 1.05. The third-order valence-corrected chi connectivity index (χ3v) is 2.94. The van der Waals surface area contributed by atoms with E-state index >= 15 is 0 Å². The summed E-state index contributed by atoms with van der Waals surface area (Å²) in [6.45, 7) is 0. The molecule has 0 saturated carbocycles. The highest BCUT2D eigenvalue weighted by Gasteiger charge is 2.53. The van der Waals surface area contributed by atoms with E-state index < -0.39 is 29.8 Å². The van der Waals surface area contributed by atoms with Gasteiger partial charge in [-0.2, -0.15) is 25.8 Å². The molecule has 11 heteroatoms. The molecule has 90 valence electrons. The first-order valence-corrected chi connectivity index (χ1v) is 5.33. The molecule has 15 heavy (non-hydrogen) atoms. The van der Waals surface area contributed by atoms with Crippen molar-refractivity contribution in [2.75, 3.05) is 14.2 Å². The molecule has 0 heterocycles. The number of methoxy groups -OCH3 is 2. The van der Waals surface area contributed by atoms with E-state index in [1.54, 1.807) is 0 Å². The average molecular weight is 270 g/mol. The molecule has 0 aromatic heterocycles. The van der Waals surface area contributed by atoms with Crippen molar-refractivity contribution < 1.29 is 39.8 Å². The number of ether oxygens (including phenoxy) is 2. The van der Waals surface area contributed by atoms with Crippen LogP contribution in [0.25, 0.3) is 0 Å². The molecule has 6 nitrogen and oxygen atoms in total. The van der Waals surface area contributed by atoms with E-state index in [-0.39, 0.29) is 0 Å². The maximum atomic E-state index is 11.8. The van der Waals surface area contributed by atoms with Crippen molar-refractivity contribution >= 4 is 18.6 Å². The summed E-state index contributed by atoms with van der Waals surface area (Å²) in [7, 11) is -5.65. The van der Waals surface area contributed by atoms with Crippen LogP contribution in [0, 0.1) is 0 Å². The Balaban J connectivity index is 5.09. The van der Waals surface area contributed by atoms with Gasteiger partial charge in [0.2, 0.25) is 0 Å². The third-order valence-electron chi connectivity index (χ3n) is 1.13. The number of hydrogen-bond acceptors (Lipinski definition) is 6. The largest absolute Gasteiger partial charge is 0.523 e.